The van der Waals surface area contributed by atoms with Gasteiger partial charge in [-0.2, -0.15) is 0 Å². The molecule has 1 aromatic carbocycles. The summed E-state index contributed by atoms with van der Waals surface area (Å²) in [6.45, 7) is -1.27. The van der Waals surface area contributed by atoms with E-state index in [4.69, 9.17) is 14.0 Å². The van der Waals surface area contributed by atoms with Crippen molar-refractivity contribution in [1.29, 1.82) is 0 Å². The summed E-state index contributed by atoms with van der Waals surface area (Å²) >= 11 is 0. The van der Waals surface area contributed by atoms with Crippen molar-refractivity contribution in [2.45, 2.75) is 48.8 Å². The maximum absolute atomic E-state index is 13.6. The van der Waals surface area contributed by atoms with Gasteiger partial charge in [-0.15, -0.1) is 0 Å². The van der Waals surface area contributed by atoms with Gasteiger partial charge >= 0.3 is 0 Å². The summed E-state index contributed by atoms with van der Waals surface area (Å²) in [4.78, 5) is 0. The molecular weight excluding hydrogens is 383 g/mol. The van der Waals surface area contributed by atoms with Gasteiger partial charge in [-0.25, -0.2) is 0 Å². The first-order chi connectivity index (χ1) is 12.8. The molecule has 2 saturated heterocycles. The molecule has 0 saturated carbocycles. The first-order valence-corrected chi connectivity index (χ1v) is 10.1. The van der Waals surface area contributed by atoms with Crippen LogP contribution < -0.4 is 5.30 Å². The highest BCUT2D eigenvalue weighted by atomic mass is 31.2. The zero-order chi connectivity index (χ0) is 19.8. The second kappa shape index (κ2) is 8.22. The second-order valence-electron chi connectivity index (χ2n) is 6.47. The van der Waals surface area contributed by atoms with Crippen LogP contribution in [0.1, 0.15) is 0 Å². The summed E-state index contributed by atoms with van der Waals surface area (Å²) in [5, 5.41) is 59.3. The molecule has 0 radical (unpaired) electrons. The minimum Gasteiger partial charge on any atom is -0.394 e. The summed E-state index contributed by atoms with van der Waals surface area (Å²) < 4.78 is 29.8. The third kappa shape index (κ3) is 3.70. The maximum Gasteiger partial charge on any atom is 0.263 e. The van der Waals surface area contributed by atoms with Gasteiger partial charge in [0.2, 0.25) is 0 Å². The van der Waals surface area contributed by atoms with Gasteiger partial charge in [0.1, 0.15) is 36.6 Å². The average molecular weight is 406 g/mol. The van der Waals surface area contributed by atoms with Crippen molar-refractivity contribution in [2.75, 3.05) is 13.2 Å². The van der Waals surface area contributed by atoms with Crippen LogP contribution in [0.2, 0.25) is 0 Å². The van der Waals surface area contributed by atoms with Gasteiger partial charge < -0.3 is 44.6 Å². The first-order valence-electron chi connectivity index (χ1n) is 8.42. The molecule has 2 aliphatic heterocycles. The molecule has 9 atom stereocenters. The molecule has 0 aromatic heterocycles. The number of hydrogen-bond acceptors (Lipinski definition) is 10. The molecule has 0 bridgehead atoms. The lowest BCUT2D eigenvalue weighted by atomic mass is 10.1. The van der Waals surface area contributed by atoms with Crippen molar-refractivity contribution in [3.05, 3.63) is 30.3 Å². The number of hydrogen-bond donors (Lipinski definition) is 6. The van der Waals surface area contributed by atoms with Gasteiger partial charge in [0, 0.05) is 5.30 Å². The smallest absolute Gasteiger partial charge is 0.263 e. The topological polar surface area (TPSA) is 166 Å². The van der Waals surface area contributed by atoms with Gasteiger partial charge in [0.15, 0.2) is 12.1 Å². The average Bonchev–Trinajstić information content (AvgIpc) is 2.96. The number of benzene rings is 1. The van der Waals surface area contributed by atoms with E-state index in [1.165, 1.54) is 12.1 Å². The Morgan fingerprint density at radius 3 is 2.04 bits per heavy atom. The van der Waals surface area contributed by atoms with E-state index in [-0.39, 0.29) is 5.30 Å². The molecule has 1 aromatic rings. The molecule has 11 heteroatoms. The van der Waals surface area contributed by atoms with Crippen molar-refractivity contribution in [3.8, 4) is 0 Å². The molecule has 10 nitrogen and oxygen atoms in total. The fraction of sp³-hybridized carbons (Fsp3) is 0.625. The lowest BCUT2D eigenvalue weighted by Gasteiger charge is -2.42. The summed E-state index contributed by atoms with van der Waals surface area (Å²) in [5.74, 6) is -1.64. The Morgan fingerprint density at radius 1 is 0.889 bits per heavy atom. The van der Waals surface area contributed by atoms with Crippen LogP contribution in [0.15, 0.2) is 30.3 Å². The molecule has 0 spiro atoms. The molecule has 0 amide bonds. The minimum absolute atomic E-state index is 0.172. The summed E-state index contributed by atoms with van der Waals surface area (Å²) in [6, 6.07) is 7.82. The van der Waals surface area contributed by atoms with E-state index in [1.54, 1.807) is 18.2 Å². The molecule has 2 aliphatic rings. The molecule has 2 heterocycles. The van der Waals surface area contributed by atoms with Crippen molar-refractivity contribution >= 4 is 12.7 Å². The molecule has 27 heavy (non-hydrogen) atoms. The van der Waals surface area contributed by atoms with Crippen LogP contribution >= 0.6 is 7.37 Å². The normalized spacial score (nSPS) is 45.1. The minimum atomic E-state index is -4.00. The standard InChI is InChI=1S/C16H23O10P/c17-6-9-11(19)13(21)15(24-9)25-16-14(22)12(20)10(7-18)26-27(16,23)8-4-2-1-3-5-8/h1-5,9-22H,6-7H2/t9-,10-,11-,12-,13-,14+,15+,16+,27+/m1/s1. The van der Waals surface area contributed by atoms with E-state index in [0.717, 1.165) is 0 Å². The predicted octanol–water partition coefficient (Wildman–Crippen LogP) is -2.52. The molecular formula is C16H23O10P. The van der Waals surface area contributed by atoms with Crippen LogP contribution in [0.5, 0.6) is 0 Å². The molecule has 0 unspecified atom stereocenters. The largest absolute Gasteiger partial charge is 0.394 e. The van der Waals surface area contributed by atoms with Crippen molar-refractivity contribution in [2.24, 2.45) is 0 Å². The van der Waals surface area contributed by atoms with E-state index in [1.807, 2.05) is 0 Å². The van der Waals surface area contributed by atoms with Crippen molar-refractivity contribution in [1.82, 2.24) is 0 Å². The van der Waals surface area contributed by atoms with Gasteiger partial charge in [-0.1, -0.05) is 18.2 Å². The van der Waals surface area contributed by atoms with Gasteiger partial charge in [0.05, 0.1) is 13.2 Å². The number of aliphatic hydroxyl groups is 6. The quantitative estimate of drug-likeness (QED) is 0.287. The van der Waals surface area contributed by atoms with E-state index in [9.17, 15) is 35.2 Å². The lowest BCUT2D eigenvalue weighted by Crippen LogP contribution is -2.55. The summed E-state index contributed by atoms with van der Waals surface area (Å²) in [5.41, 5.74) is 0. The predicted molar refractivity (Wildman–Crippen MR) is 90.3 cm³/mol. The SMILES string of the molecule is O=[P@@]1(c2ccccc2)O[C@H](CO)[C@@H](O)[C@H](O)[C@H]1O[C@@H]1O[C@H](CO)[C@@H](O)[C@H]1O. The van der Waals surface area contributed by atoms with Gasteiger partial charge in [-0.05, 0) is 12.1 Å². The van der Waals surface area contributed by atoms with Crippen LogP contribution in [-0.4, -0.2) is 92.6 Å². The molecule has 2 fully saturated rings. The summed E-state index contributed by atoms with van der Waals surface area (Å²) in [6.07, 6.45) is -10.3. The second-order valence-corrected chi connectivity index (χ2v) is 8.90. The monoisotopic (exact) mass is 406 g/mol. The highest BCUT2D eigenvalue weighted by molar-refractivity contribution is 7.67. The lowest BCUT2D eigenvalue weighted by molar-refractivity contribution is -0.215. The van der Waals surface area contributed by atoms with E-state index < -0.39 is 69.3 Å². The number of aliphatic hydroxyl groups excluding tert-OH is 6. The Morgan fingerprint density at radius 2 is 1.48 bits per heavy atom. The zero-order valence-electron chi connectivity index (χ0n) is 14.2. The number of ether oxygens (including phenoxy) is 2. The zero-order valence-corrected chi connectivity index (χ0v) is 15.1. The fourth-order valence-electron chi connectivity index (χ4n) is 3.17. The fourth-order valence-corrected chi connectivity index (χ4v) is 5.75. The third-order valence-electron chi connectivity index (χ3n) is 4.72. The Kier molecular flexibility index (Phi) is 6.34. The van der Waals surface area contributed by atoms with E-state index >= 15 is 0 Å². The third-order valence-corrected chi connectivity index (χ3v) is 7.42. The highest BCUT2D eigenvalue weighted by Crippen LogP contribution is 2.57. The van der Waals surface area contributed by atoms with Crippen molar-refractivity contribution in [3.63, 3.8) is 0 Å². The van der Waals surface area contributed by atoms with Crippen LogP contribution in [0.25, 0.3) is 0 Å². The molecule has 3 rings (SSSR count). The Hall–Kier alpha value is -0.910. The first kappa shape index (κ1) is 20.8. The highest BCUT2D eigenvalue weighted by Gasteiger charge is 2.56. The molecule has 152 valence electrons. The summed E-state index contributed by atoms with van der Waals surface area (Å²) in [7, 11) is -4.00. The van der Waals surface area contributed by atoms with Gasteiger partial charge in [-0.3, -0.25) is 4.57 Å². The van der Waals surface area contributed by atoms with Gasteiger partial charge in [0.25, 0.3) is 7.37 Å². The molecule has 6 N–H and O–H groups in total. The number of rotatable bonds is 5. The van der Waals surface area contributed by atoms with Crippen molar-refractivity contribution < 1.29 is 49.2 Å². The van der Waals surface area contributed by atoms with Crippen LogP contribution in [0, 0.1) is 0 Å². The Labute approximate surface area is 155 Å². The van der Waals surface area contributed by atoms with Crippen LogP contribution in [0.3, 0.4) is 0 Å². The van der Waals surface area contributed by atoms with Crippen LogP contribution in [0.4, 0.5) is 0 Å². The van der Waals surface area contributed by atoms with E-state index in [2.05, 4.69) is 0 Å². The maximum atomic E-state index is 13.6. The molecule has 0 aliphatic carbocycles. The van der Waals surface area contributed by atoms with Crippen LogP contribution in [-0.2, 0) is 18.6 Å². The Bertz CT molecular complexity index is 672. The van der Waals surface area contributed by atoms with E-state index in [0.29, 0.717) is 0 Å². The Balaban J connectivity index is 1.93.